The summed E-state index contributed by atoms with van der Waals surface area (Å²) in [5.41, 5.74) is 0. The quantitative estimate of drug-likeness (QED) is 0.0261. The maximum atomic E-state index is 12.9. The van der Waals surface area contributed by atoms with Crippen LogP contribution in [0.1, 0.15) is 239 Å². The van der Waals surface area contributed by atoms with Gasteiger partial charge in [0.15, 0.2) is 6.10 Å². The maximum Gasteiger partial charge on any atom is 0.309 e. The second-order valence-electron chi connectivity index (χ2n) is 20.2. The Labute approximate surface area is 497 Å². The highest BCUT2D eigenvalue weighted by molar-refractivity contribution is 5.72. The Bertz CT molecular complexity index is 1950. The zero-order valence-corrected chi connectivity index (χ0v) is 51.5. The molecule has 0 aliphatic carbocycles. The molecule has 0 bridgehead atoms. The van der Waals surface area contributed by atoms with Crippen LogP contribution in [0.5, 0.6) is 0 Å². The molecule has 450 valence electrons. The monoisotopic (exact) mass is 1110 g/mol. The SMILES string of the molecule is CC/C=C\C/C=C\C/C=C\C/C=C\C/C=C\C/C=C\C/C=C\C/C=C\C/C=C\CCCC(=O)OCC(COC(=O)C/C=C\C/C=C\C/C=C\C/C=C\C/C=C\CC)OC(=O)CCCCCCCCCCC/C=C\C/C=C\CCCCC. The van der Waals surface area contributed by atoms with Gasteiger partial charge in [-0.05, 0) is 141 Å². The fraction of sp³-hybridized carbons (Fsp3) is 0.533. The molecule has 0 heterocycles. The lowest BCUT2D eigenvalue weighted by Crippen LogP contribution is -2.30. The third-order valence-electron chi connectivity index (χ3n) is 12.6. The van der Waals surface area contributed by atoms with Crippen molar-refractivity contribution in [1.82, 2.24) is 0 Å². The van der Waals surface area contributed by atoms with Crippen LogP contribution in [0.4, 0.5) is 0 Å². The molecule has 0 aliphatic heterocycles. The number of unbranched alkanes of at least 4 members (excludes halogenated alkanes) is 13. The molecule has 0 spiro atoms. The molecule has 0 aromatic heterocycles. The van der Waals surface area contributed by atoms with Crippen molar-refractivity contribution < 1.29 is 28.6 Å². The summed E-state index contributed by atoms with van der Waals surface area (Å²) in [6.07, 6.45) is 102. The van der Waals surface area contributed by atoms with E-state index in [0.717, 1.165) is 122 Å². The molecule has 6 heteroatoms. The number of hydrogen-bond donors (Lipinski definition) is 0. The highest BCUT2D eigenvalue weighted by atomic mass is 16.6. The maximum absolute atomic E-state index is 12.9. The van der Waals surface area contributed by atoms with E-state index in [1.807, 2.05) is 6.08 Å². The van der Waals surface area contributed by atoms with E-state index in [-0.39, 0.29) is 44.4 Å². The molecule has 0 aromatic rings. The Kier molecular flexibility index (Phi) is 62.0. The molecule has 0 aromatic carbocycles. The Morgan fingerprint density at radius 1 is 0.272 bits per heavy atom. The summed E-state index contributed by atoms with van der Waals surface area (Å²) >= 11 is 0. The van der Waals surface area contributed by atoms with Crippen molar-refractivity contribution in [2.75, 3.05) is 13.2 Å². The summed E-state index contributed by atoms with van der Waals surface area (Å²) in [4.78, 5) is 38.2. The average molecular weight is 1110 g/mol. The first-order valence-electron chi connectivity index (χ1n) is 31.9. The van der Waals surface area contributed by atoms with Gasteiger partial charge < -0.3 is 14.2 Å². The predicted octanol–water partition coefficient (Wildman–Crippen LogP) is 22.2. The van der Waals surface area contributed by atoms with Crippen molar-refractivity contribution in [2.45, 2.75) is 245 Å². The number of esters is 3. The van der Waals surface area contributed by atoms with Gasteiger partial charge in [0.1, 0.15) is 13.2 Å². The fourth-order valence-corrected chi connectivity index (χ4v) is 7.90. The van der Waals surface area contributed by atoms with E-state index in [9.17, 15) is 14.4 Å². The molecule has 0 aliphatic rings. The van der Waals surface area contributed by atoms with Crippen LogP contribution in [0.25, 0.3) is 0 Å². The highest BCUT2D eigenvalue weighted by Crippen LogP contribution is 2.13. The van der Waals surface area contributed by atoms with Crippen molar-refractivity contribution >= 4 is 17.9 Å². The Morgan fingerprint density at radius 2 is 0.543 bits per heavy atom. The molecule has 1 atom stereocenters. The zero-order chi connectivity index (χ0) is 58.5. The molecule has 0 radical (unpaired) electrons. The number of carbonyl (C=O) groups excluding carboxylic acids is 3. The Hall–Kier alpha value is -5.75. The van der Waals surface area contributed by atoms with E-state index in [4.69, 9.17) is 14.2 Å². The van der Waals surface area contributed by atoms with E-state index in [1.54, 1.807) is 6.08 Å². The van der Waals surface area contributed by atoms with Crippen LogP contribution in [0.2, 0.25) is 0 Å². The summed E-state index contributed by atoms with van der Waals surface area (Å²) in [5, 5.41) is 0. The van der Waals surface area contributed by atoms with E-state index in [2.05, 4.69) is 203 Å². The minimum Gasteiger partial charge on any atom is -0.462 e. The molecule has 0 fully saturated rings. The Morgan fingerprint density at radius 3 is 0.901 bits per heavy atom. The lowest BCUT2D eigenvalue weighted by atomic mass is 10.1. The van der Waals surface area contributed by atoms with Crippen LogP contribution in [0, 0.1) is 0 Å². The molecule has 0 saturated heterocycles. The minimum atomic E-state index is -0.857. The molecular weight excluding hydrogens is 997 g/mol. The summed E-state index contributed by atoms with van der Waals surface area (Å²) in [7, 11) is 0. The number of allylic oxidation sites excluding steroid dienone is 31. The van der Waals surface area contributed by atoms with Gasteiger partial charge in [0.05, 0.1) is 6.42 Å². The second-order valence-corrected chi connectivity index (χ2v) is 20.2. The third kappa shape index (κ3) is 64.9. The largest absolute Gasteiger partial charge is 0.462 e. The van der Waals surface area contributed by atoms with Crippen LogP contribution in [-0.4, -0.2) is 37.2 Å². The zero-order valence-electron chi connectivity index (χ0n) is 51.5. The highest BCUT2D eigenvalue weighted by Gasteiger charge is 2.19. The van der Waals surface area contributed by atoms with Crippen LogP contribution < -0.4 is 0 Å². The van der Waals surface area contributed by atoms with Gasteiger partial charge in [-0.15, -0.1) is 0 Å². The normalized spacial score (nSPS) is 13.5. The number of ether oxygens (including phenoxy) is 3. The lowest BCUT2D eigenvalue weighted by Gasteiger charge is -2.18. The van der Waals surface area contributed by atoms with Crippen LogP contribution >= 0.6 is 0 Å². The minimum absolute atomic E-state index is 0.106. The van der Waals surface area contributed by atoms with Gasteiger partial charge in [-0.2, -0.15) is 0 Å². The van der Waals surface area contributed by atoms with Crippen molar-refractivity contribution in [3.63, 3.8) is 0 Å². The topological polar surface area (TPSA) is 78.9 Å². The van der Waals surface area contributed by atoms with Crippen molar-refractivity contribution in [3.05, 3.63) is 194 Å². The van der Waals surface area contributed by atoms with Gasteiger partial charge in [0, 0.05) is 12.8 Å². The van der Waals surface area contributed by atoms with Crippen LogP contribution in [0.3, 0.4) is 0 Å². The number of hydrogen-bond acceptors (Lipinski definition) is 6. The van der Waals surface area contributed by atoms with Gasteiger partial charge in [-0.25, -0.2) is 0 Å². The van der Waals surface area contributed by atoms with Gasteiger partial charge in [0.25, 0.3) is 0 Å². The first kappa shape index (κ1) is 75.2. The predicted molar refractivity (Wildman–Crippen MR) is 352 cm³/mol. The molecule has 81 heavy (non-hydrogen) atoms. The van der Waals surface area contributed by atoms with Crippen LogP contribution in [-0.2, 0) is 28.6 Å². The average Bonchev–Trinajstić information content (AvgIpc) is 3.47. The molecule has 0 N–H and O–H groups in total. The van der Waals surface area contributed by atoms with Crippen molar-refractivity contribution in [3.8, 4) is 0 Å². The summed E-state index contributed by atoms with van der Waals surface area (Å²) in [6, 6.07) is 0. The fourth-order valence-electron chi connectivity index (χ4n) is 7.90. The van der Waals surface area contributed by atoms with Crippen molar-refractivity contribution in [2.24, 2.45) is 0 Å². The first-order valence-corrected chi connectivity index (χ1v) is 31.9. The third-order valence-corrected chi connectivity index (χ3v) is 12.6. The van der Waals surface area contributed by atoms with Crippen molar-refractivity contribution in [1.29, 1.82) is 0 Å². The van der Waals surface area contributed by atoms with Gasteiger partial charge in [-0.1, -0.05) is 273 Å². The molecule has 1 unspecified atom stereocenters. The molecular formula is C75H114O6. The lowest BCUT2D eigenvalue weighted by molar-refractivity contribution is -0.166. The van der Waals surface area contributed by atoms with Crippen LogP contribution in [0.15, 0.2) is 194 Å². The van der Waals surface area contributed by atoms with Gasteiger partial charge in [-0.3, -0.25) is 14.4 Å². The van der Waals surface area contributed by atoms with E-state index in [1.165, 1.54) is 70.6 Å². The number of carbonyl (C=O) groups is 3. The first-order chi connectivity index (χ1) is 40.0. The van der Waals surface area contributed by atoms with E-state index >= 15 is 0 Å². The standard InChI is InChI=1S/C75H114O6/c1-4-7-10-13-16-19-22-25-28-30-32-33-34-35-36-37-38-39-40-41-43-44-47-50-53-56-59-62-65-68-74(77)80-71-72(70-79-73(76)67-64-61-58-55-52-49-46-27-24-21-18-15-12-9-6-3)81-75(78)69-66-63-60-57-54-51-48-45-42-31-29-26-23-20-17-14-11-8-5-2/h7,9-10,12,16-21,25-29,32-33,35-36,38-39,41,43,46-47,50,52,55-56,59,61,64,72H,4-6,8,11,13-15,22-24,30-31,34,37,40,42,44-45,48-49,51,53-54,57-58,60,62-63,65-71H2,1-3H3/b10-7-,12-9-,19-16-,20-17-,21-18-,28-25-,29-26-,33-32-,36-35-,39-38-,43-41-,46-27-,50-47-,55-52-,59-56-,64-61-. The van der Waals surface area contributed by atoms with Gasteiger partial charge >= 0.3 is 17.9 Å². The van der Waals surface area contributed by atoms with E-state index in [0.29, 0.717) is 6.42 Å². The smallest absolute Gasteiger partial charge is 0.309 e. The molecule has 0 rings (SSSR count). The Balaban J connectivity index is 4.57. The van der Waals surface area contributed by atoms with E-state index < -0.39 is 12.1 Å². The molecule has 0 amide bonds. The van der Waals surface area contributed by atoms with Gasteiger partial charge in [0.2, 0.25) is 0 Å². The molecule has 0 saturated carbocycles. The molecule has 6 nitrogen and oxygen atoms in total. The summed E-state index contributed by atoms with van der Waals surface area (Å²) in [5.74, 6) is -1.15. The summed E-state index contributed by atoms with van der Waals surface area (Å²) < 4.78 is 16.7. The number of rotatable bonds is 55. The second kappa shape index (κ2) is 66.8. The summed E-state index contributed by atoms with van der Waals surface area (Å²) in [6.45, 7) is 6.23.